The van der Waals surface area contributed by atoms with E-state index in [9.17, 15) is 13.6 Å². The summed E-state index contributed by atoms with van der Waals surface area (Å²) in [5.74, 6) is -0.726. The van der Waals surface area contributed by atoms with Crippen molar-refractivity contribution in [3.8, 4) is 5.69 Å². The van der Waals surface area contributed by atoms with Crippen molar-refractivity contribution in [3.05, 3.63) is 119 Å². The number of piperazine rings is 1. The number of thioether (sulfide) groups is 1. The van der Waals surface area contributed by atoms with Crippen molar-refractivity contribution < 1.29 is 18.3 Å². The third-order valence-corrected chi connectivity index (χ3v) is 9.99. The summed E-state index contributed by atoms with van der Waals surface area (Å²) in [4.78, 5) is 25.5. The fourth-order valence-electron chi connectivity index (χ4n) is 6.35. The highest BCUT2D eigenvalue weighted by atomic mass is 32.2. The standard InChI is InChI=1S/C35H37F2N9O3S/c1-25(18-38-2)46-33(47)45(24-41-46)30-10-8-29(9-11-30)43-15-13-42(14-16-43)28-6-3-26(4-7-28)19-50-34-48-21-35(49-34,20-44-23-39-22-40-44)31-12-5-27(36)17-32(31)37/h3-12,17-18,22-25,34H,13-16,19-21H2,1-2H3/t25-,34?,35?/m1/s1. The normalized spacial score (nSPS) is 20.2. The lowest BCUT2D eigenvalue weighted by atomic mass is 9.94. The Kier molecular flexibility index (Phi) is 9.79. The molecule has 3 aromatic carbocycles. The summed E-state index contributed by atoms with van der Waals surface area (Å²) in [7, 11) is 1.68. The smallest absolute Gasteiger partial charge is 0.350 e. The summed E-state index contributed by atoms with van der Waals surface area (Å²) in [5, 5.41) is 8.40. The molecule has 4 heterocycles. The van der Waals surface area contributed by atoms with Crippen LogP contribution >= 0.6 is 11.8 Å². The van der Waals surface area contributed by atoms with Crippen molar-refractivity contribution in [2.24, 2.45) is 4.99 Å². The predicted octanol–water partition coefficient (Wildman–Crippen LogP) is 4.65. The molecule has 0 radical (unpaired) electrons. The number of anilines is 2. The molecule has 260 valence electrons. The zero-order chi connectivity index (χ0) is 34.7. The van der Waals surface area contributed by atoms with E-state index in [0.717, 1.165) is 54.9 Å². The summed E-state index contributed by atoms with van der Waals surface area (Å²) in [6.07, 6.45) is 6.16. The number of aromatic nitrogens is 6. The van der Waals surface area contributed by atoms with E-state index in [1.807, 2.05) is 31.2 Å². The van der Waals surface area contributed by atoms with Gasteiger partial charge < -0.3 is 19.3 Å². The molecule has 0 amide bonds. The number of hydrogen-bond acceptors (Lipinski definition) is 10. The molecule has 2 unspecified atom stereocenters. The van der Waals surface area contributed by atoms with E-state index < -0.39 is 22.9 Å². The molecule has 0 aliphatic carbocycles. The molecule has 2 aliphatic rings. The monoisotopic (exact) mass is 701 g/mol. The minimum absolute atomic E-state index is 0.0857. The zero-order valence-electron chi connectivity index (χ0n) is 27.7. The molecule has 0 saturated carbocycles. The maximum atomic E-state index is 14.9. The number of benzene rings is 3. The SMILES string of the molecule is CN=C[C@@H](C)n1ncn(-c2ccc(N3CCN(c4ccc(CSC5OCC(Cn6cncn6)(c6ccc(F)cc6F)O5)cc4)CC3)cc2)c1=O. The second kappa shape index (κ2) is 14.5. The van der Waals surface area contributed by atoms with Gasteiger partial charge in [0, 0.05) is 68.2 Å². The molecule has 5 aromatic rings. The van der Waals surface area contributed by atoms with E-state index in [1.165, 1.54) is 41.2 Å². The first-order valence-electron chi connectivity index (χ1n) is 16.3. The van der Waals surface area contributed by atoms with Gasteiger partial charge in [-0.1, -0.05) is 30.0 Å². The highest BCUT2D eigenvalue weighted by molar-refractivity contribution is 7.98. The Morgan fingerprint density at radius 3 is 2.28 bits per heavy atom. The maximum Gasteiger partial charge on any atom is 0.350 e. The van der Waals surface area contributed by atoms with Crippen LogP contribution in [0.2, 0.25) is 0 Å². The topological polar surface area (TPSA) is 108 Å². The molecule has 2 saturated heterocycles. The number of nitrogens with zero attached hydrogens (tertiary/aromatic N) is 9. The third kappa shape index (κ3) is 7.06. The van der Waals surface area contributed by atoms with Crippen LogP contribution in [0.15, 0.2) is 95.5 Å². The van der Waals surface area contributed by atoms with Crippen molar-refractivity contribution in [3.63, 3.8) is 0 Å². The first-order chi connectivity index (χ1) is 24.3. The molecule has 50 heavy (non-hydrogen) atoms. The van der Waals surface area contributed by atoms with Gasteiger partial charge in [-0.2, -0.15) is 10.2 Å². The zero-order valence-corrected chi connectivity index (χ0v) is 28.5. The van der Waals surface area contributed by atoms with Gasteiger partial charge in [-0.3, -0.25) is 4.99 Å². The highest BCUT2D eigenvalue weighted by Crippen LogP contribution is 2.41. The van der Waals surface area contributed by atoms with Crippen molar-refractivity contribution in [2.75, 3.05) is 49.6 Å². The van der Waals surface area contributed by atoms with Crippen molar-refractivity contribution in [2.45, 2.75) is 36.5 Å². The van der Waals surface area contributed by atoms with E-state index in [0.29, 0.717) is 5.75 Å². The molecule has 2 aliphatic heterocycles. The molecule has 3 atom stereocenters. The third-order valence-electron chi connectivity index (χ3n) is 8.98. The van der Waals surface area contributed by atoms with Crippen LogP contribution in [0, 0.1) is 11.6 Å². The quantitative estimate of drug-likeness (QED) is 0.182. The van der Waals surface area contributed by atoms with Gasteiger partial charge in [0.15, 0.2) is 0 Å². The number of aliphatic imine (C=N–C) groups is 1. The Hall–Kier alpha value is -4.86. The summed E-state index contributed by atoms with van der Waals surface area (Å²) < 4.78 is 45.4. The minimum atomic E-state index is -1.18. The van der Waals surface area contributed by atoms with E-state index in [1.54, 1.807) is 28.8 Å². The molecule has 0 N–H and O–H groups in total. The van der Waals surface area contributed by atoms with Crippen LogP contribution in [0.3, 0.4) is 0 Å². The Labute approximate surface area is 292 Å². The largest absolute Gasteiger partial charge is 0.368 e. The van der Waals surface area contributed by atoms with Crippen LogP contribution in [0.5, 0.6) is 0 Å². The second-order valence-corrected chi connectivity index (χ2v) is 13.3. The molecular weight excluding hydrogens is 665 g/mol. The number of ether oxygens (including phenoxy) is 2. The van der Waals surface area contributed by atoms with Crippen LogP contribution in [-0.4, -0.2) is 80.8 Å². The van der Waals surface area contributed by atoms with Crippen molar-refractivity contribution in [1.82, 2.24) is 29.1 Å². The Morgan fingerprint density at radius 1 is 0.960 bits per heavy atom. The number of hydrogen-bond donors (Lipinski definition) is 0. The average Bonchev–Trinajstić information content (AvgIpc) is 3.89. The second-order valence-electron chi connectivity index (χ2n) is 12.3. The minimum Gasteiger partial charge on any atom is -0.368 e. The van der Waals surface area contributed by atoms with Gasteiger partial charge >= 0.3 is 5.69 Å². The molecular formula is C35H37F2N9O3S. The van der Waals surface area contributed by atoms with E-state index in [2.05, 4.69) is 54.2 Å². The van der Waals surface area contributed by atoms with Crippen molar-refractivity contribution >= 4 is 29.4 Å². The van der Waals surface area contributed by atoms with Crippen LogP contribution in [0.1, 0.15) is 24.1 Å². The van der Waals surface area contributed by atoms with Gasteiger partial charge in [-0.15, -0.1) is 0 Å². The Balaban J connectivity index is 0.923. The van der Waals surface area contributed by atoms with E-state index in [4.69, 9.17) is 9.47 Å². The molecule has 0 spiro atoms. The summed E-state index contributed by atoms with van der Waals surface area (Å²) in [6.45, 7) is 5.60. The van der Waals surface area contributed by atoms with Gasteiger partial charge in [0.25, 0.3) is 0 Å². The predicted molar refractivity (Wildman–Crippen MR) is 188 cm³/mol. The van der Waals surface area contributed by atoms with Crippen LogP contribution in [0.25, 0.3) is 5.69 Å². The van der Waals surface area contributed by atoms with Gasteiger partial charge in [-0.05, 0) is 55.0 Å². The lowest BCUT2D eigenvalue weighted by Gasteiger charge is -2.37. The average molecular weight is 702 g/mol. The van der Waals surface area contributed by atoms with Crippen molar-refractivity contribution in [1.29, 1.82) is 0 Å². The molecule has 2 fully saturated rings. The first kappa shape index (κ1) is 33.6. The molecule has 7 rings (SSSR count). The van der Waals surface area contributed by atoms with Crippen LogP contribution in [-0.2, 0) is 27.4 Å². The molecule has 0 bridgehead atoms. The first-order valence-corrected chi connectivity index (χ1v) is 17.3. The lowest BCUT2D eigenvalue weighted by molar-refractivity contribution is -0.0470. The summed E-state index contributed by atoms with van der Waals surface area (Å²) in [6, 6.07) is 19.7. The van der Waals surface area contributed by atoms with Crippen LogP contribution < -0.4 is 15.5 Å². The number of rotatable bonds is 11. The molecule has 12 nitrogen and oxygen atoms in total. The van der Waals surface area contributed by atoms with Gasteiger partial charge in [0.1, 0.15) is 36.2 Å². The van der Waals surface area contributed by atoms with Gasteiger partial charge in [0.05, 0.1) is 24.9 Å². The molecule has 15 heteroatoms. The summed E-state index contributed by atoms with van der Waals surface area (Å²) in [5.41, 5.74) is 2.31. The molecule has 2 aromatic heterocycles. The fourth-order valence-corrected chi connectivity index (χ4v) is 7.28. The summed E-state index contributed by atoms with van der Waals surface area (Å²) >= 11 is 1.46. The number of halogens is 2. The van der Waals surface area contributed by atoms with Crippen LogP contribution in [0.4, 0.5) is 20.2 Å². The maximum absolute atomic E-state index is 14.9. The van der Waals surface area contributed by atoms with E-state index in [-0.39, 0.29) is 30.4 Å². The van der Waals surface area contributed by atoms with E-state index >= 15 is 0 Å². The Bertz CT molecular complexity index is 1980. The van der Waals surface area contributed by atoms with Gasteiger partial charge in [0.2, 0.25) is 5.62 Å². The Morgan fingerprint density at radius 2 is 1.64 bits per heavy atom. The van der Waals surface area contributed by atoms with Gasteiger partial charge in [-0.25, -0.2) is 32.5 Å². The lowest BCUT2D eigenvalue weighted by Crippen LogP contribution is -2.46. The highest BCUT2D eigenvalue weighted by Gasteiger charge is 2.45. The fraction of sp³-hybridized carbons (Fsp3) is 0.343.